The van der Waals surface area contributed by atoms with Crippen LogP contribution in [0.2, 0.25) is 0 Å². The number of hydrogen-bond donors (Lipinski definition) is 2. The zero-order valence-electron chi connectivity index (χ0n) is 10.0. The minimum absolute atomic E-state index is 0.0272. The first-order valence-corrected chi connectivity index (χ1v) is 5.88. The zero-order valence-corrected chi connectivity index (χ0v) is 10.8. The third-order valence-electron chi connectivity index (χ3n) is 2.34. The molecule has 0 aromatic carbocycles. The number of rotatable bonds is 6. The van der Waals surface area contributed by atoms with E-state index < -0.39 is 12.7 Å². The van der Waals surface area contributed by atoms with Crippen molar-refractivity contribution in [2.24, 2.45) is 5.73 Å². The van der Waals surface area contributed by atoms with Crippen molar-refractivity contribution in [1.29, 1.82) is 0 Å². The molecule has 0 fully saturated rings. The second-order valence-corrected chi connectivity index (χ2v) is 4.36. The summed E-state index contributed by atoms with van der Waals surface area (Å²) >= 11 is 4.80. The summed E-state index contributed by atoms with van der Waals surface area (Å²) < 4.78 is 37.2. The average molecular weight is 293 g/mol. The smallest absolute Gasteiger partial charge is 0.395 e. The van der Waals surface area contributed by atoms with Gasteiger partial charge in [0.25, 0.3) is 0 Å². The molecule has 0 atom stereocenters. The third-order valence-corrected chi connectivity index (χ3v) is 2.53. The fourth-order valence-corrected chi connectivity index (χ4v) is 1.82. The molecule has 3 N–H and O–H groups in total. The quantitative estimate of drug-likeness (QED) is 0.768. The number of nitrogens with zero attached hydrogens (tertiary/aromatic N) is 2. The van der Waals surface area contributed by atoms with Crippen molar-refractivity contribution < 1.29 is 18.3 Å². The summed E-state index contributed by atoms with van der Waals surface area (Å²) in [5.74, 6) is 0. The lowest BCUT2D eigenvalue weighted by Crippen LogP contribution is -2.36. The molecule has 1 aromatic rings. The van der Waals surface area contributed by atoms with E-state index in [0.717, 1.165) is 4.90 Å². The standard InChI is InChI=1S/C11H14F3N3OS/c12-11(13,14)7-17(4-5-18)6-8-2-1-3-16-9(8)10(15)19/h1-3,18H,4-7H2,(H2,15,19). The van der Waals surface area contributed by atoms with E-state index in [-0.39, 0.29) is 24.7 Å². The molecule has 0 aliphatic rings. The molecule has 0 saturated carbocycles. The molecule has 106 valence electrons. The number of halogens is 3. The number of pyridine rings is 1. The van der Waals surface area contributed by atoms with Crippen LogP contribution in [0.4, 0.5) is 13.2 Å². The molecule has 0 spiro atoms. The van der Waals surface area contributed by atoms with Crippen molar-refractivity contribution >= 4 is 17.2 Å². The van der Waals surface area contributed by atoms with Crippen molar-refractivity contribution in [2.75, 3.05) is 19.7 Å². The maximum atomic E-state index is 12.4. The number of aliphatic hydroxyl groups is 1. The van der Waals surface area contributed by atoms with E-state index in [2.05, 4.69) is 4.98 Å². The van der Waals surface area contributed by atoms with Gasteiger partial charge < -0.3 is 10.8 Å². The number of nitrogens with two attached hydrogens (primary N) is 1. The van der Waals surface area contributed by atoms with Gasteiger partial charge in [-0.1, -0.05) is 18.3 Å². The first kappa shape index (κ1) is 15.8. The second-order valence-electron chi connectivity index (χ2n) is 3.92. The number of aromatic nitrogens is 1. The highest BCUT2D eigenvalue weighted by Gasteiger charge is 2.30. The Morgan fingerprint density at radius 3 is 2.68 bits per heavy atom. The number of hydrogen-bond acceptors (Lipinski definition) is 4. The Labute approximate surface area is 114 Å². The van der Waals surface area contributed by atoms with Gasteiger partial charge in [-0.05, 0) is 11.6 Å². The highest BCUT2D eigenvalue weighted by molar-refractivity contribution is 7.80. The van der Waals surface area contributed by atoms with Gasteiger partial charge in [0.15, 0.2) is 0 Å². The first-order chi connectivity index (χ1) is 8.83. The highest BCUT2D eigenvalue weighted by Crippen LogP contribution is 2.18. The topological polar surface area (TPSA) is 62.4 Å². The van der Waals surface area contributed by atoms with Gasteiger partial charge in [0, 0.05) is 19.3 Å². The van der Waals surface area contributed by atoms with Crippen LogP contribution in [0.25, 0.3) is 0 Å². The SMILES string of the molecule is NC(=S)c1ncccc1CN(CCO)CC(F)(F)F. The first-order valence-electron chi connectivity index (χ1n) is 5.47. The van der Waals surface area contributed by atoms with Crippen molar-refractivity contribution in [1.82, 2.24) is 9.88 Å². The van der Waals surface area contributed by atoms with Crippen LogP contribution < -0.4 is 5.73 Å². The monoisotopic (exact) mass is 293 g/mol. The van der Waals surface area contributed by atoms with Crippen LogP contribution in [0.3, 0.4) is 0 Å². The lowest BCUT2D eigenvalue weighted by atomic mass is 10.1. The Kier molecular flexibility index (Phi) is 5.64. The van der Waals surface area contributed by atoms with Crippen LogP contribution in [0.5, 0.6) is 0 Å². The number of aliphatic hydroxyl groups excluding tert-OH is 1. The summed E-state index contributed by atoms with van der Waals surface area (Å²) in [6.07, 6.45) is -2.86. The molecular weight excluding hydrogens is 279 g/mol. The molecular formula is C11H14F3N3OS. The van der Waals surface area contributed by atoms with Crippen LogP contribution in [-0.2, 0) is 6.54 Å². The molecule has 1 aromatic heterocycles. The van der Waals surface area contributed by atoms with Gasteiger partial charge in [0.2, 0.25) is 0 Å². The average Bonchev–Trinajstić information content (AvgIpc) is 2.27. The summed E-state index contributed by atoms with van der Waals surface area (Å²) in [6.45, 7) is -1.59. The van der Waals surface area contributed by atoms with E-state index in [1.54, 1.807) is 12.1 Å². The molecule has 0 amide bonds. The summed E-state index contributed by atoms with van der Waals surface area (Å²) in [4.78, 5) is 5.05. The summed E-state index contributed by atoms with van der Waals surface area (Å²) in [5.41, 5.74) is 6.29. The number of thiocarbonyl (C=S) groups is 1. The van der Waals surface area contributed by atoms with Crippen LogP contribution in [0.1, 0.15) is 11.3 Å². The molecule has 0 saturated heterocycles. The van der Waals surface area contributed by atoms with Gasteiger partial charge in [-0.3, -0.25) is 9.88 Å². The lowest BCUT2D eigenvalue weighted by Gasteiger charge is -2.23. The van der Waals surface area contributed by atoms with E-state index in [4.69, 9.17) is 23.1 Å². The van der Waals surface area contributed by atoms with E-state index in [9.17, 15) is 13.2 Å². The molecule has 8 heteroatoms. The number of alkyl halides is 3. The lowest BCUT2D eigenvalue weighted by molar-refractivity contribution is -0.148. The third kappa shape index (κ3) is 5.50. The molecule has 0 aliphatic heterocycles. The van der Waals surface area contributed by atoms with Crippen molar-refractivity contribution in [3.63, 3.8) is 0 Å². The maximum Gasteiger partial charge on any atom is 0.401 e. The molecule has 4 nitrogen and oxygen atoms in total. The Bertz CT molecular complexity index is 439. The fraction of sp³-hybridized carbons (Fsp3) is 0.455. The normalized spacial score (nSPS) is 11.8. The van der Waals surface area contributed by atoms with E-state index in [1.807, 2.05) is 0 Å². The molecule has 0 bridgehead atoms. The second kappa shape index (κ2) is 6.78. The Morgan fingerprint density at radius 1 is 1.47 bits per heavy atom. The van der Waals surface area contributed by atoms with Gasteiger partial charge in [0.05, 0.1) is 13.2 Å². The Balaban J connectivity index is 2.87. The summed E-state index contributed by atoms with van der Waals surface area (Å²) in [5, 5.41) is 8.81. The van der Waals surface area contributed by atoms with Crippen LogP contribution in [0.15, 0.2) is 18.3 Å². The molecule has 0 aliphatic carbocycles. The molecule has 1 heterocycles. The Hall–Kier alpha value is -1.25. The van der Waals surface area contributed by atoms with Gasteiger partial charge in [-0.15, -0.1) is 0 Å². The van der Waals surface area contributed by atoms with Gasteiger partial charge in [0.1, 0.15) is 10.7 Å². The van der Waals surface area contributed by atoms with E-state index >= 15 is 0 Å². The van der Waals surface area contributed by atoms with E-state index in [0.29, 0.717) is 11.3 Å². The largest absolute Gasteiger partial charge is 0.401 e. The van der Waals surface area contributed by atoms with Crippen LogP contribution in [-0.4, -0.2) is 45.9 Å². The van der Waals surface area contributed by atoms with E-state index in [1.165, 1.54) is 6.20 Å². The maximum absolute atomic E-state index is 12.4. The minimum Gasteiger partial charge on any atom is -0.395 e. The van der Waals surface area contributed by atoms with Gasteiger partial charge in [-0.2, -0.15) is 13.2 Å². The highest BCUT2D eigenvalue weighted by atomic mass is 32.1. The zero-order chi connectivity index (χ0) is 14.5. The van der Waals surface area contributed by atoms with Crippen molar-refractivity contribution in [2.45, 2.75) is 12.7 Å². The van der Waals surface area contributed by atoms with Crippen LogP contribution in [0, 0.1) is 0 Å². The summed E-state index contributed by atoms with van der Waals surface area (Å²) in [7, 11) is 0. The van der Waals surface area contributed by atoms with Crippen molar-refractivity contribution in [3.8, 4) is 0 Å². The predicted molar refractivity (Wildman–Crippen MR) is 68.5 cm³/mol. The molecule has 19 heavy (non-hydrogen) atoms. The summed E-state index contributed by atoms with van der Waals surface area (Å²) in [6, 6.07) is 3.21. The molecule has 1 rings (SSSR count). The molecule has 0 radical (unpaired) electrons. The Morgan fingerprint density at radius 2 is 2.16 bits per heavy atom. The molecule has 0 unspecified atom stereocenters. The van der Waals surface area contributed by atoms with Crippen LogP contribution >= 0.6 is 12.2 Å². The van der Waals surface area contributed by atoms with Gasteiger partial charge in [-0.25, -0.2) is 0 Å². The van der Waals surface area contributed by atoms with Gasteiger partial charge >= 0.3 is 6.18 Å². The predicted octanol–water partition coefficient (Wildman–Crippen LogP) is 1.07. The fourth-order valence-electron chi connectivity index (χ4n) is 1.64. The van der Waals surface area contributed by atoms with Crippen molar-refractivity contribution in [3.05, 3.63) is 29.6 Å². The minimum atomic E-state index is -4.33.